The quantitative estimate of drug-likeness (QED) is 0.745. The zero-order valence-corrected chi connectivity index (χ0v) is 15.7. The van der Waals surface area contributed by atoms with Crippen LogP contribution < -0.4 is 5.32 Å². The molecule has 2 aliphatic carbocycles. The number of likely N-dealkylation sites (N-methyl/N-ethyl adjacent to an activating group) is 1. The van der Waals surface area contributed by atoms with Crippen molar-refractivity contribution >= 4 is 11.7 Å². The standard InChI is InChI=1S/C20H26F3N3O/c1-25(2)9-10-26(13-16-12-14-7-8-15(16)11-14)19(27)24-18-6-4-3-5-17(18)20(21,22)23/h3-8,14-16H,9-13H2,1-2H3,(H,24,27). The van der Waals surface area contributed by atoms with Crippen molar-refractivity contribution in [3.63, 3.8) is 0 Å². The van der Waals surface area contributed by atoms with Crippen LogP contribution in [-0.4, -0.2) is 49.6 Å². The van der Waals surface area contributed by atoms with E-state index in [1.807, 2.05) is 19.0 Å². The van der Waals surface area contributed by atoms with Crippen LogP contribution in [0.25, 0.3) is 0 Å². The lowest BCUT2D eigenvalue weighted by Gasteiger charge is -2.30. The van der Waals surface area contributed by atoms with Crippen molar-refractivity contribution < 1.29 is 18.0 Å². The number of nitrogens with zero attached hydrogens (tertiary/aromatic N) is 2. The average Bonchev–Trinajstić information content (AvgIpc) is 3.20. The molecule has 4 nitrogen and oxygen atoms in total. The summed E-state index contributed by atoms with van der Waals surface area (Å²) in [6.07, 6.45) is 2.13. The fraction of sp³-hybridized carbons (Fsp3) is 0.550. The number of carbonyl (C=O) groups is 1. The molecule has 0 saturated heterocycles. The number of alkyl halides is 3. The van der Waals surface area contributed by atoms with E-state index in [1.165, 1.54) is 18.2 Å². The third-order valence-corrected chi connectivity index (χ3v) is 5.45. The van der Waals surface area contributed by atoms with Crippen LogP contribution in [-0.2, 0) is 6.18 Å². The molecule has 3 unspecified atom stereocenters. The number of fused-ring (bicyclic) bond motifs is 2. The lowest BCUT2D eigenvalue weighted by Crippen LogP contribution is -2.43. The van der Waals surface area contributed by atoms with Crippen molar-refractivity contribution in [2.75, 3.05) is 39.0 Å². The number of nitrogens with one attached hydrogen (secondary N) is 1. The Morgan fingerprint density at radius 3 is 2.48 bits per heavy atom. The second-order valence-corrected chi connectivity index (χ2v) is 7.76. The van der Waals surface area contributed by atoms with Gasteiger partial charge in [-0.05, 0) is 56.8 Å². The highest BCUT2D eigenvalue weighted by Crippen LogP contribution is 2.43. The van der Waals surface area contributed by atoms with Gasteiger partial charge in [0.05, 0.1) is 11.3 Å². The third-order valence-electron chi connectivity index (χ3n) is 5.45. The van der Waals surface area contributed by atoms with E-state index in [4.69, 9.17) is 0 Å². The molecule has 2 bridgehead atoms. The molecule has 3 atom stereocenters. The molecule has 0 radical (unpaired) electrons. The molecule has 2 amide bonds. The zero-order valence-electron chi connectivity index (χ0n) is 15.7. The number of amides is 2. The molecule has 2 aliphatic rings. The number of allylic oxidation sites excluding steroid dienone is 2. The van der Waals surface area contributed by atoms with E-state index in [-0.39, 0.29) is 5.69 Å². The number of hydrogen-bond donors (Lipinski definition) is 1. The number of urea groups is 1. The van der Waals surface area contributed by atoms with Gasteiger partial charge in [-0.2, -0.15) is 13.2 Å². The number of hydrogen-bond acceptors (Lipinski definition) is 2. The molecule has 7 heteroatoms. The molecule has 1 N–H and O–H groups in total. The summed E-state index contributed by atoms with van der Waals surface area (Å²) in [5.74, 6) is 1.45. The zero-order chi connectivity index (χ0) is 19.6. The van der Waals surface area contributed by atoms with E-state index >= 15 is 0 Å². The largest absolute Gasteiger partial charge is 0.418 e. The van der Waals surface area contributed by atoms with Crippen LogP contribution in [0.15, 0.2) is 36.4 Å². The van der Waals surface area contributed by atoms with Gasteiger partial charge in [0.1, 0.15) is 0 Å². The molecule has 1 aromatic rings. The number of anilines is 1. The lowest BCUT2D eigenvalue weighted by molar-refractivity contribution is -0.136. The van der Waals surface area contributed by atoms with E-state index in [0.717, 1.165) is 18.9 Å². The maximum absolute atomic E-state index is 13.2. The summed E-state index contributed by atoms with van der Waals surface area (Å²) in [4.78, 5) is 16.4. The van der Waals surface area contributed by atoms with Crippen LogP contribution in [0.4, 0.5) is 23.7 Å². The molecule has 0 aromatic heterocycles. The molecule has 3 rings (SSSR count). The van der Waals surface area contributed by atoms with Gasteiger partial charge in [-0.3, -0.25) is 0 Å². The maximum Gasteiger partial charge on any atom is 0.418 e. The average molecular weight is 381 g/mol. The molecule has 27 heavy (non-hydrogen) atoms. The van der Waals surface area contributed by atoms with Crippen molar-refractivity contribution in [2.24, 2.45) is 17.8 Å². The van der Waals surface area contributed by atoms with Crippen LogP contribution in [0.1, 0.15) is 18.4 Å². The molecule has 0 heterocycles. The first-order valence-electron chi connectivity index (χ1n) is 9.29. The van der Waals surface area contributed by atoms with E-state index in [1.54, 1.807) is 4.90 Å². The molecule has 148 valence electrons. The molecule has 1 fully saturated rings. The molecule has 1 aromatic carbocycles. The number of halogens is 3. The van der Waals surface area contributed by atoms with Gasteiger partial charge in [-0.25, -0.2) is 4.79 Å². The lowest BCUT2D eigenvalue weighted by atomic mass is 9.93. The molecular weight excluding hydrogens is 355 g/mol. The Morgan fingerprint density at radius 1 is 1.15 bits per heavy atom. The smallest absolute Gasteiger partial charge is 0.323 e. The van der Waals surface area contributed by atoms with E-state index in [2.05, 4.69) is 17.5 Å². The third kappa shape index (κ3) is 4.83. The van der Waals surface area contributed by atoms with Crippen LogP contribution in [0.5, 0.6) is 0 Å². The fourth-order valence-electron chi connectivity index (χ4n) is 4.02. The van der Waals surface area contributed by atoms with Gasteiger partial charge in [-0.1, -0.05) is 24.3 Å². The predicted octanol–water partition coefficient (Wildman–Crippen LogP) is 4.31. The highest BCUT2D eigenvalue weighted by atomic mass is 19.4. The van der Waals surface area contributed by atoms with Crippen LogP contribution in [0.2, 0.25) is 0 Å². The van der Waals surface area contributed by atoms with Gasteiger partial charge in [-0.15, -0.1) is 0 Å². The predicted molar refractivity (Wildman–Crippen MR) is 99.4 cm³/mol. The normalized spacial score (nSPS) is 23.9. The Labute approximate surface area is 158 Å². The minimum atomic E-state index is -4.51. The Morgan fingerprint density at radius 2 is 1.89 bits per heavy atom. The van der Waals surface area contributed by atoms with Gasteiger partial charge in [0.15, 0.2) is 0 Å². The second-order valence-electron chi connectivity index (χ2n) is 7.76. The minimum absolute atomic E-state index is 0.197. The second kappa shape index (κ2) is 7.92. The Hall–Kier alpha value is -2.02. The van der Waals surface area contributed by atoms with Gasteiger partial charge in [0.25, 0.3) is 0 Å². The highest BCUT2D eigenvalue weighted by Gasteiger charge is 2.38. The summed E-state index contributed by atoms with van der Waals surface area (Å²) >= 11 is 0. The first-order chi connectivity index (χ1) is 12.7. The molecule has 0 spiro atoms. The first kappa shape index (κ1) is 19.7. The van der Waals surface area contributed by atoms with E-state index in [9.17, 15) is 18.0 Å². The monoisotopic (exact) mass is 381 g/mol. The van der Waals surface area contributed by atoms with Crippen molar-refractivity contribution in [1.82, 2.24) is 9.80 Å². The maximum atomic E-state index is 13.2. The molecule has 0 aliphatic heterocycles. The van der Waals surface area contributed by atoms with E-state index < -0.39 is 17.8 Å². The van der Waals surface area contributed by atoms with Crippen molar-refractivity contribution in [2.45, 2.75) is 19.0 Å². The first-order valence-corrected chi connectivity index (χ1v) is 9.29. The number of benzene rings is 1. The highest BCUT2D eigenvalue weighted by molar-refractivity contribution is 5.90. The number of rotatable bonds is 6. The van der Waals surface area contributed by atoms with Crippen LogP contribution >= 0.6 is 0 Å². The summed E-state index contributed by atoms with van der Waals surface area (Å²) in [6, 6.07) is 4.63. The summed E-state index contributed by atoms with van der Waals surface area (Å²) in [6.45, 7) is 1.70. The van der Waals surface area contributed by atoms with Gasteiger partial charge >= 0.3 is 12.2 Å². The van der Waals surface area contributed by atoms with Crippen molar-refractivity contribution in [3.8, 4) is 0 Å². The number of carbonyl (C=O) groups excluding carboxylic acids is 1. The topological polar surface area (TPSA) is 35.6 Å². The number of para-hydroxylation sites is 1. The Balaban J connectivity index is 1.72. The summed E-state index contributed by atoms with van der Waals surface area (Å²) in [5, 5.41) is 2.49. The van der Waals surface area contributed by atoms with Crippen LogP contribution in [0.3, 0.4) is 0 Å². The minimum Gasteiger partial charge on any atom is -0.323 e. The Bertz CT molecular complexity index is 702. The van der Waals surface area contributed by atoms with Crippen molar-refractivity contribution in [3.05, 3.63) is 42.0 Å². The molecular formula is C20H26F3N3O. The van der Waals surface area contributed by atoms with E-state index in [0.29, 0.717) is 37.4 Å². The van der Waals surface area contributed by atoms with Gasteiger partial charge in [0, 0.05) is 19.6 Å². The van der Waals surface area contributed by atoms with Crippen LogP contribution in [0, 0.1) is 17.8 Å². The van der Waals surface area contributed by atoms with Gasteiger partial charge in [0.2, 0.25) is 0 Å². The summed E-state index contributed by atoms with van der Waals surface area (Å²) in [5.41, 5.74) is -1.02. The summed E-state index contributed by atoms with van der Waals surface area (Å²) in [7, 11) is 3.82. The Kier molecular flexibility index (Phi) is 5.79. The SMILES string of the molecule is CN(C)CCN(CC1CC2C=CC1C2)C(=O)Nc1ccccc1C(F)(F)F. The van der Waals surface area contributed by atoms with Gasteiger partial charge < -0.3 is 15.1 Å². The molecule has 1 saturated carbocycles. The fourth-order valence-corrected chi connectivity index (χ4v) is 4.02. The summed E-state index contributed by atoms with van der Waals surface area (Å²) < 4.78 is 39.6. The van der Waals surface area contributed by atoms with Crippen molar-refractivity contribution in [1.29, 1.82) is 0 Å².